The van der Waals surface area contributed by atoms with Gasteiger partial charge in [0.2, 0.25) is 11.7 Å². The molecule has 0 aliphatic heterocycles. The van der Waals surface area contributed by atoms with Gasteiger partial charge in [-0.25, -0.2) is 0 Å². The first kappa shape index (κ1) is 14.9. The van der Waals surface area contributed by atoms with Gasteiger partial charge in [-0.15, -0.1) is 11.8 Å². The summed E-state index contributed by atoms with van der Waals surface area (Å²) in [6.07, 6.45) is 0.114. The number of carbonyl (C=O) groups is 1. The topological polar surface area (TPSA) is 76.2 Å². The maximum Gasteiger partial charge on any atom is 0.304 e. The van der Waals surface area contributed by atoms with Crippen LogP contribution in [0.15, 0.2) is 28.8 Å². The van der Waals surface area contributed by atoms with Crippen LogP contribution in [0, 0.1) is 0 Å². The average Bonchev–Trinajstić information content (AvgIpc) is 2.85. The summed E-state index contributed by atoms with van der Waals surface area (Å²) in [5, 5.41) is 13.2. The van der Waals surface area contributed by atoms with E-state index in [1.165, 1.54) is 11.8 Å². The summed E-state index contributed by atoms with van der Waals surface area (Å²) in [5.74, 6) is 0.674. The zero-order valence-corrected chi connectivity index (χ0v) is 12.3. The van der Waals surface area contributed by atoms with Crippen molar-refractivity contribution >= 4 is 29.3 Å². The lowest BCUT2D eigenvalue weighted by molar-refractivity contribution is -0.136. The minimum absolute atomic E-state index is 0.00150. The van der Waals surface area contributed by atoms with E-state index in [2.05, 4.69) is 10.1 Å². The number of halogens is 1. The molecule has 0 fully saturated rings. The molecule has 1 unspecified atom stereocenters. The molecule has 0 spiro atoms. The van der Waals surface area contributed by atoms with E-state index in [1.807, 2.05) is 19.1 Å². The fourth-order valence-corrected chi connectivity index (χ4v) is 2.48. The van der Waals surface area contributed by atoms with E-state index in [0.717, 1.165) is 5.56 Å². The van der Waals surface area contributed by atoms with E-state index >= 15 is 0 Å². The molecular formula is C13H13ClN2O3S. The van der Waals surface area contributed by atoms with Crippen LogP contribution in [-0.4, -0.2) is 26.5 Å². The number of aromatic nitrogens is 2. The van der Waals surface area contributed by atoms with Gasteiger partial charge >= 0.3 is 5.97 Å². The Balaban J connectivity index is 1.95. The number of hydrogen-bond donors (Lipinski definition) is 1. The first-order chi connectivity index (χ1) is 9.54. The van der Waals surface area contributed by atoms with E-state index in [-0.39, 0.29) is 11.7 Å². The van der Waals surface area contributed by atoms with Crippen LogP contribution in [0.4, 0.5) is 0 Å². The fourth-order valence-electron chi connectivity index (χ4n) is 1.55. The summed E-state index contributed by atoms with van der Waals surface area (Å²) in [6, 6.07) is 7.15. The number of hydrogen-bond acceptors (Lipinski definition) is 5. The first-order valence-corrected chi connectivity index (χ1v) is 7.39. The molecule has 106 valence electrons. The average molecular weight is 313 g/mol. The molecule has 1 heterocycles. The highest BCUT2D eigenvalue weighted by molar-refractivity contribution is 7.99. The summed E-state index contributed by atoms with van der Waals surface area (Å²) in [4.78, 5) is 14.8. The summed E-state index contributed by atoms with van der Waals surface area (Å²) in [5.41, 5.74) is 0.827. The van der Waals surface area contributed by atoms with E-state index < -0.39 is 5.97 Å². The van der Waals surface area contributed by atoms with Crippen LogP contribution in [0.1, 0.15) is 19.2 Å². The van der Waals surface area contributed by atoms with Crippen molar-refractivity contribution in [2.24, 2.45) is 0 Å². The molecule has 0 amide bonds. The van der Waals surface area contributed by atoms with Gasteiger partial charge in [0, 0.05) is 15.8 Å². The van der Waals surface area contributed by atoms with Gasteiger partial charge < -0.3 is 9.63 Å². The molecule has 0 radical (unpaired) electrons. The molecule has 0 saturated carbocycles. The van der Waals surface area contributed by atoms with Gasteiger partial charge in [0.05, 0.1) is 12.2 Å². The van der Waals surface area contributed by atoms with E-state index in [0.29, 0.717) is 22.5 Å². The number of nitrogens with zero attached hydrogens (tertiary/aromatic N) is 2. The predicted molar refractivity (Wildman–Crippen MR) is 77.8 cm³/mol. The molecule has 0 bridgehead atoms. The zero-order valence-electron chi connectivity index (χ0n) is 10.7. The smallest absolute Gasteiger partial charge is 0.304 e. The van der Waals surface area contributed by atoms with Crippen molar-refractivity contribution in [3.63, 3.8) is 0 Å². The minimum atomic E-state index is -0.808. The van der Waals surface area contributed by atoms with E-state index in [4.69, 9.17) is 21.2 Å². The normalized spacial score (nSPS) is 12.3. The zero-order chi connectivity index (χ0) is 14.5. The van der Waals surface area contributed by atoms with Crippen molar-refractivity contribution in [3.8, 4) is 11.4 Å². The van der Waals surface area contributed by atoms with Gasteiger partial charge in [-0.2, -0.15) is 4.98 Å². The van der Waals surface area contributed by atoms with Crippen LogP contribution >= 0.6 is 23.4 Å². The first-order valence-electron chi connectivity index (χ1n) is 5.96. The summed E-state index contributed by atoms with van der Waals surface area (Å²) >= 11 is 7.29. The molecule has 1 N–H and O–H groups in total. The monoisotopic (exact) mass is 312 g/mol. The maximum absolute atomic E-state index is 10.6. The highest BCUT2D eigenvalue weighted by atomic mass is 35.5. The van der Waals surface area contributed by atoms with Gasteiger partial charge in [0.1, 0.15) is 0 Å². The largest absolute Gasteiger partial charge is 0.481 e. The fraction of sp³-hybridized carbons (Fsp3) is 0.308. The van der Waals surface area contributed by atoms with Crippen molar-refractivity contribution in [1.29, 1.82) is 0 Å². The number of benzene rings is 1. The second-order valence-electron chi connectivity index (χ2n) is 4.24. The Morgan fingerprint density at radius 2 is 2.15 bits per heavy atom. The van der Waals surface area contributed by atoms with Gasteiger partial charge in [0.25, 0.3) is 0 Å². The van der Waals surface area contributed by atoms with Crippen LogP contribution in [0.2, 0.25) is 5.02 Å². The van der Waals surface area contributed by atoms with Crippen molar-refractivity contribution in [1.82, 2.24) is 10.1 Å². The lowest BCUT2D eigenvalue weighted by Gasteiger charge is -2.04. The minimum Gasteiger partial charge on any atom is -0.481 e. The quantitative estimate of drug-likeness (QED) is 0.880. The number of thioether (sulfide) groups is 1. The molecule has 2 aromatic rings. The maximum atomic E-state index is 10.6. The highest BCUT2D eigenvalue weighted by Crippen LogP contribution is 2.22. The van der Waals surface area contributed by atoms with E-state index in [9.17, 15) is 4.79 Å². The Morgan fingerprint density at radius 1 is 1.45 bits per heavy atom. The summed E-state index contributed by atoms with van der Waals surface area (Å²) < 4.78 is 5.14. The summed E-state index contributed by atoms with van der Waals surface area (Å²) in [7, 11) is 0. The third-order valence-corrected chi connectivity index (χ3v) is 3.93. The molecule has 2 rings (SSSR count). The van der Waals surface area contributed by atoms with Gasteiger partial charge in [-0.3, -0.25) is 4.79 Å². The SMILES string of the molecule is CC(CC(=O)O)SCc1nc(-c2ccc(Cl)cc2)no1. The van der Waals surface area contributed by atoms with Crippen LogP contribution in [-0.2, 0) is 10.5 Å². The number of aliphatic carboxylic acids is 1. The Bertz CT molecular complexity index is 586. The molecule has 1 aromatic carbocycles. The molecule has 20 heavy (non-hydrogen) atoms. The van der Waals surface area contributed by atoms with Gasteiger partial charge in [-0.05, 0) is 24.3 Å². The lowest BCUT2D eigenvalue weighted by Crippen LogP contribution is -2.05. The van der Waals surface area contributed by atoms with Gasteiger partial charge in [0.15, 0.2) is 0 Å². The van der Waals surface area contributed by atoms with Crippen molar-refractivity contribution in [3.05, 3.63) is 35.2 Å². The summed E-state index contributed by atoms with van der Waals surface area (Å²) in [6.45, 7) is 1.86. The molecule has 1 atom stereocenters. The Kier molecular flexibility index (Phi) is 5.03. The second kappa shape index (κ2) is 6.76. The third-order valence-electron chi connectivity index (χ3n) is 2.52. The van der Waals surface area contributed by atoms with Crippen molar-refractivity contribution in [2.45, 2.75) is 24.3 Å². The standard InChI is InChI=1S/C13H13ClN2O3S/c1-8(6-12(17)18)20-7-11-15-13(16-19-11)9-2-4-10(14)5-3-9/h2-5,8H,6-7H2,1H3,(H,17,18). The Hall–Kier alpha value is -1.53. The number of rotatable bonds is 6. The number of carboxylic acid groups (broad SMARTS) is 1. The molecule has 0 aliphatic rings. The Labute approximate surface area is 125 Å². The molecule has 0 saturated heterocycles. The van der Waals surface area contributed by atoms with Crippen LogP contribution in [0.3, 0.4) is 0 Å². The third kappa shape index (κ3) is 4.25. The van der Waals surface area contributed by atoms with Gasteiger partial charge in [-0.1, -0.05) is 23.7 Å². The predicted octanol–water partition coefficient (Wildman–Crippen LogP) is 3.49. The van der Waals surface area contributed by atoms with Crippen LogP contribution in [0.5, 0.6) is 0 Å². The van der Waals surface area contributed by atoms with Crippen molar-refractivity contribution < 1.29 is 14.4 Å². The molecule has 1 aromatic heterocycles. The Morgan fingerprint density at radius 3 is 2.80 bits per heavy atom. The second-order valence-corrected chi connectivity index (χ2v) is 6.10. The molecule has 0 aliphatic carbocycles. The van der Waals surface area contributed by atoms with Crippen LogP contribution < -0.4 is 0 Å². The molecular weight excluding hydrogens is 300 g/mol. The van der Waals surface area contributed by atoms with Crippen LogP contribution in [0.25, 0.3) is 11.4 Å². The highest BCUT2D eigenvalue weighted by Gasteiger charge is 2.12. The van der Waals surface area contributed by atoms with Crippen molar-refractivity contribution in [2.75, 3.05) is 0 Å². The van der Waals surface area contributed by atoms with E-state index in [1.54, 1.807) is 12.1 Å². The molecule has 5 nitrogen and oxygen atoms in total. The number of carboxylic acids is 1. The lowest BCUT2D eigenvalue weighted by atomic mass is 10.2. The molecule has 7 heteroatoms.